The first-order valence-corrected chi connectivity index (χ1v) is 11.8. The Morgan fingerprint density at radius 2 is 2.13 bits per heavy atom. The van der Waals surface area contributed by atoms with Gasteiger partial charge in [0.05, 0.1) is 0 Å². The van der Waals surface area contributed by atoms with Crippen LogP contribution in [0.1, 0.15) is 45.4 Å². The highest BCUT2D eigenvalue weighted by atomic mass is 32.2. The maximum Gasteiger partial charge on any atom is 0.324 e. The van der Waals surface area contributed by atoms with Crippen LogP contribution in [0.2, 0.25) is 0 Å². The third-order valence-corrected chi connectivity index (χ3v) is 5.98. The number of thioether (sulfide) groups is 1. The van der Waals surface area contributed by atoms with Crippen LogP contribution in [0, 0.1) is 0 Å². The summed E-state index contributed by atoms with van der Waals surface area (Å²) in [6.45, 7) is 12.7. The molecule has 0 bridgehead atoms. The number of aromatic nitrogens is 2. The molecule has 0 saturated carbocycles. The topological polar surface area (TPSA) is 54.6 Å². The summed E-state index contributed by atoms with van der Waals surface area (Å²) in [6, 6.07) is 1.09. The lowest BCUT2D eigenvalue weighted by Crippen LogP contribution is -2.44. The third kappa shape index (κ3) is 7.16. The number of anilines is 1. The first-order valence-electron chi connectivity index (χ1n) is 10.5. The zero-order chi connectivity index (χ0) is 22.1. The molecular formula is C22H35FN4O2S. The number of rotatable bonds is 11. The lowest BCUT2D eigenvalue weighted by atomic mass is 10.0. The van der Waals surface area contributed by atoms with Crippen molar-refractivity contribution in [2.75, 3.05) is 50.2 Å². The van der Waals surface area contributed by atoms with Crippen LogP contribution >= 0.6 is 11.8 Å². The summed E-state index contributed by atoms with van der Waals surface area (Å²) in [5.74, 6) is 1.90. The number of hydrogen-bond acceptors (Lipinski definition) is 7. The van der Waals surface area contributed by atoms with E-state index >= 15 is 0 Å². The van der Waals surface area contributed by atoms with E-state index in [2.05, 4.69) is 47.4 Å². The van der Waals surface area contributed by atoms with Gasteiger partial charge in [-0.2, -0.15) is 16.7 Å². The van der Waals surface area contributed by atoms with E-state index in [0.29, 0.717) is 35.7 Å². The Hall–Kier alpha value is -1.80. The molecule has 2 rings (SSSR count). The van der Waals surface area contributed by atoms with Gasteiger partial charge in [0.15, 0.2) is 5.82 Å². The van der Waals surface area contributed by atoms with Crippen molar-refractivity contribution in [1.82, 2.24) is 15.0 Å². The summed E-state index contributed by atoms with van der Waals surface area (Å²) in [5, 5.41) is 4.05. The number of ether oxygens (including phenoxy) is 1. The predicted octanol–water partition coefficient (Wildman–Crippen LogP) is 4.79. The second kappa shape index (κ2) is 12.2. The summed E-state index contributed by atoms with van der Waals surface area (Å²) < 4.78 is 25.3. The van der Waals surface area contributed by atoms with Gasteiger partial charge in [0.1, 0.15) is 18.2 Å². The largest absolute Gasteiger partial charge is 0.492 e. The first-order chi connectivity index (χ1) is 14.3. The Balaban J connectivity index is 1.78. The molecule has 6 nitrogen and oxygen atoms in total. The molecule has 0 amide bonds. The molecule has 0 radical (unpaired) electrons. The molecule has 0 aromatic carbocycles. The molecule has 0 spiro atoms. The minimum atomic E-state index is -0.248. The van der Waals surface area contributed by atoms with Gasteiger partial charge in [-0.25, -0.2) is 4.39 Å². The van der Waals surface area contributed by atoms with Crippen LogP contribution in [-0.4, -0.2) is 66.4 Å². The highest BCUT2D eigenvalue weighted by Crippen LogP contribution is 2.22. The van der Waals surface area contributed by atoms with Crippen LogP contribution in [0.25, 0.3) is 0 Å². The Bertz CT molecular complexity index is 739. The smallest absolute Gasteiger partial charge is 0.324 e. The van der Waals surface area contributed by atoms with E-state index in [1.165, 1.54) is 6.08 Å². The summed E-state index contributed by atoms with van der Waals surface area (Å²) in [6.07, 6.45) is 6.97. The summed E-state index contributed by atoms with van der Waals surface area (Å²) in [5.41, 5.74) is 0.705. The quantitative estimate of drug-likeness (QED) is 0.364. The Morgan fingerprint density at radius 1 is 1.43 bits per heavy atom. The summed E-state index contributed by atoms with van der Waals surface area (Å²) in [7, 11) is 2.10. The van der Waals surface area contributed by atoms with Crippen LogP contribution in [0.3, 0.4) is 0 Å². The van der Waals surface area contributed by atoms with E-state index < -0.39 is 0 Å². The van der Waals surface area contributed by atoms with Crippen molar-refractivity contribution in [3.8, 4) is 0 Å². The molecule has 168 valence electrons. The van der Waals surface area contributed by atoms with Gasteiger partial charge in [0.2, 0.25) is 0 Å². The number of halogens is 1. The highest BCUT2D eigenvalue weighted by molar-refractivity contribution is 7.98. The zero-order valence-electron chi connectivity index (χ0n) is 18.9. The second-order valence-electron chi connectivity index (χ2n) is 7.95. The molecule has 1 aliphatic rings. The molecule has 0 atom stereocenters. The third-order valence-electron chi connectivity index (χ3n) is 5.26. The Kier molecular flexibility index (Phi) is 9.91. The van der Waals surface area contributed by atoms with Crippen molar-refractivity contribution in [1.29, 1.82) is 0 Å². The van der Waals surface area contributed by atoms with E-state index in [1.54, 1.807) is 24.8 Å². The van der Waals surface area contributed by atoms with Crippen molar-refractivity contribution in [3.05, 3.63) is 41.7 Å². The molecule has 30 heavy (non-hydrogen) atoms. The van der Waals surface area contributed by atoms with Gasteiger partial charge in [-0.05, 0) is 44.7 Å². The van der Waals surface area contributed by atoms with Crippen molar-refractivity contribution in [2.45, 2.75) is 45.6 Å². The number of hydrogen-bond donors (Lipinski definition) is 0. The van der Waals surface area contributed by atoms with Crippen LogP contribution in [0.15, 0.2) is 40.4 Å². The van der Waals surface area contributed by atoms with E-state index in [4.69, 9.17) is 9.26 Å². The molecule has 1 aliphatic heterocycles. The highest BCUT2D eigenvalue weighted by Gasteiger charge is 2.25. The van der Waals surface area contributed by atoms with Crippen molar-refractivity contribution in [2.24, 2.45) is 0 Å². The molecule has 1 saturated heterocycles. The lowest BCUT2D eigenvalue weighted by Gasteiger charge is -2.35. The van der Waals surface area contributed by atoms with Crippen molar-refractivity contribution < 1.29 is 13.7 Å². The monoisotopic (exact) mass is 438 g/mol. The summed E-state index contributed by atoms with van der Waals surface area (Å²) >= 11 is 1.59. The fourth-order valence-corrected chi connectivity index (χ4v) is 3.84. The molecule has 8 heteroatoms. The standard InChI is InChI=1S/C22H35FN4O2S/c1-7-19(14-20(23)17(4)15-30-6)28-13-12-26(5)18-8-10-27(11-9-18)22-24-21(16(2)3)25-29-22/h7,14,16,18H,1,8-13,15H2,2-6H3/b19-14+,20-17-. The fourth-order valence-electron chi connectivity index (χ4n) is 3.27. The minimum absolute atomic E-state index is 0.248. The van der Waals surface area contributed by atoms with E-state index in [9.17, 15) is 4.39 Å². The molecular weight excluding hydrogens is 403 g/mol. The molecule has 1 aromatic rings. The average molecular weight is 439 g/mol. The van der Waals surface area contributed by atoms with Crippen LogP contribution in [-0.2, 0) is 4.74 Å². The maximum absolute atomic E-state index is 14.1. The molecule has 0 N–H and O–H groups in total. The summed E-state index contributed by atoms with van der Waals surface area (Å²) in [4.78, 5) is 8.95. The van der Waals surface area contributed by atoms with Crippen LogP contribution in [0.4, 0.5) is 10.4 Å². The molecule has 2 heterocycles. The van der Waals surface area contributed by atoms with E-state index in [-0.39, 0.29) is 11.7 Å². The molecule has 0 aliphatic carbocycles. The number of likely N-dealkylation sites (N-methyl/N-ethyl adjacent to an activating group) is 1. The van der Waals surface area contributed by atoms with Crippen molar-refractivity contribution in [3.63, 3.8) is 0 Å². The number of nitrogens with zero attached hydrogens (tertiary/aromatic N) is 4. The van der Waals surface area contributed by atoms with Gasteiger partial charge < -0.3 is 14.2 Å². The van der Waals surface area contributed by atoms with E-state index in [0.717, 1.165) is 38.3 Å². The predicted molar refractivity (Wildman–Crippen MR) is 123 cm³/mol. The van der Waals surface area contributed by atoms with Gasteiger partial charge in [-0.1, -0.05) is 25.6 Å². The molecule has 1 aromatic heterocycles. The average Bonchev–Trinajstić information content (AvgIpc) is 3.23. The van der Waals surface area contributed by atoms with Gasteiger partial charge in [0.25, 0.3) is 0 Å². The van der Waals surface area contributed by atoms with Gasteiger partial charge >= 0.3 is 6.01 Å². The zero-order valence-corrected chi connectivity index (χ0v) is 19.7. The number of piperidine rings is 1. The van der Waals surface area contributed by atoms with Gasteiger partial charge in [-0.15, -0.1) is 0 Å². The fraction of sp³-hybridized carbons (Fsp3) is 0.636. The SMILES string of the molecule is C=C/C(=C\C(F)=C(/C)CSC)OCCN(C)C1CCN(c2nc(C(C)C)no2)CC1. The van der Waals surface area contributed by atoms with Gasteiger partial charge in [-0.3, -0.25) is 4.90 Å². The number of allylic oxidation sites excluding steroid dienone is 3. The van der Waals surface area contributed by atoms with E-state index in [1.807, 2.05) is 6.26 Å². The molecule has 1 fully saturated rings. The maximum atomic E-state index is 14.1. The van der Waals surface area contributed by atoms with Crippen molar-refractivity contribution >= 4 is 17.8 Å². The Labute approximate surface area is 184 Å². The Morgan fingerprint density at radius 3 is 2.70 bits per heavy atom. The normalized spacial score (nSPS) is 16.9. The lowest BCUT2D eigenvalue weighted by molar-refractivity contribution is 0.139. The van der Waals surface area contributed by atoms with Crippen LogP contribution in [0.5, 0.6) is 0 Å². The second-order valence-corrected chi connectivity index (χ2v) is 8.82. The minimum Gasteiger partial charge on any atom is -0.492 e. The van der Waals surface area contributed by atoms with Gasteiger partial charge in [0, 0.05) is 43.4 Å². The van der Waals surface area contributed by atoms with Crippen LogP contribution < -0.4 is 4.90 Å². The first kappa shape index (κ1) is 24.5. The molecule has 0 unspecified atom stereocenters.